The smallest absolute Gasteiger partial charge is 0.258 e. The van der Waals surface area contributed by atoms with Crippen LogP contribution in [-0.4, -0.2) is 56.5 Å². The molecule has 1 N–H and O–H groups in total. The van der Waals surface area contributed by atoms with Crippen LogP contribution in [0.3, 0.4) is 0 Å². The van der Waals surface area contributed by atoms with Gasteiger partial charge in [0.05, 0.1) is 30.5 Å². The molecule has 132 valence electrons. The minimum absolute atomic E-state index is 0.0137. The van der Waals surface area contributed by atoms with Gasteiger partial charge in [0.25, 0.3) is 5.91 Å². The third kappa shape index (κ3) is 5.58. The first kappa shape index (κ1) is 17.9. The van der Waals surface area contributed by atoms with Crippen molar-refractivity contribution in [2.45, 2.75) is 17.1 Å². The Morgan fingerprint density at radius 1 is 1.21 bits per heavy atom. The Morgan fingerprint density at radius 3 is 2.71 bits per heavy atom. The number of benzene rings is 1. The summed E-state index contributed by atoms with van der Waals surface area (Å²) < 4.78 is 16.8. The Hall–Kier alpha value is -0.890. The summed E-state index contributed by atoms with van der Waals surface area (Å²) in [4.78, 5) is 11.8. The highest BCUT2D eigenvalue weighted by Gasteiger charge is 2.17. The van der Waals surface area contributed by atoms with Gasteiger partial charge in [-0.05, 0) is 35.6 Å². The van der Waals surface area contributed by atoms with Gasteiger partial charge in [-0.3, -0.25) is 4.79 Å². The van der Waals surface area contributed by atoms with Crippen LogP contribution >= 0.6 is 23.5 Å². The normalized spacial score (nSPS) is 22.1. The van der Waals surface area contributed by atoms with Crippen LogP contribution in [0, 0.1) is 0 Å². The highest BCUT2D eigenvalue weighted by atomic mass is 32.2. The molecular formula is C17H23NO4S2. The summed E-state index contributed by atoms with van der Waals surface area (Å²) in [5.74, 6) is 3.03. The van der Waals surface area contributed by atoms with E-state index in [9.17, 15) is 4.79 Å². The summed E-state index contributed by atoms with van der Waals surface area (Å²) >= 11 is 3.99. The number of amides is 1. The molecule has 7 heteroatoms. The molecule has 5 nitrogen and oxygen atoms in total. The highest BCUT2D eigenvalue weighted by molar-refractivity contribution is 8.16. The SMILES string of the molecule is O=C(COc1ccc(C2SCCCS2)cc1)NC[C@H]1COCCO1. The fourth-order valence-electron chi connectivity index (χ4n) is 2.48. The van der Waals surface area contributed by atoms with E-state index in [-0.39, 0.29) is 18.6 Å². The molecule has 2 fully saturated rings. The van der Waals surface area contributed by atoms with E-state index < -0.39 is 0 Å². The zero-order valence-corrected chi connectivity index (χ0v) is 15.2. The maximum atomic E-state index is 11.8. The Labute approximate surface area is 151 Å². The van der Waals surface area contributed by atoms with E-state index in [4.69, 9.17) is 14.2 Å². The number of hydrogen-bond donors (Lipinski definition) is 1. The Bertz CT molecular complexity index is 514. The Kier molecular flexibility index (Phi) is 7.13. The molecule has 2 saturated heterocycles. The standard InChI is InChI=1S/C17H23NO4S2/c19-16(18-10-15-11-20-6-7-21-15)12-22-14-4-2-13(3-5-14)17-23-8-1-9-24-17/h2-5,15,17H,1,6-12H2,(H,18,19)/t15-/m0/s1. The second kappa shape index (κ2) is 9.56. The van der Waals surface area contributed by atoms with E-state index in [0.717, 1.165) is 5.75 Å². The lowest BCUT2D eigenvalue weighted by Gasteiger charge is -2.23. The second-order valence-electron chi connectivity index (χ2n) is 5.66. The quantitative estimate of drug-likeness (QED) is 0.831. The molecule has 0 aromatic heterocycles. The molecule has 0 radical (unpaired) electrons. The minimum Gasteiger partial charge on any atom is -0.484 e. The van der Waals surface area contributed by atoms with Crippen LogP contribution in [0.15, 0.2) is 24.3 Å². The zero-order chi connectivity index (χ0) is 16.6. The van der Waals surface area contributed by atoms with E-state index in [1.165, 1.54) is 23.5 Å². The van der Waals surface area contributed by atoms with Crippen molar-refractivity contribution in [2.75, 3.05) is 44.5 Å². The van der Waals surface area contributed by atoms with Gasteiger partial charge in [0, 0.05) is 6.54 Å². The van der Waals surface area contributed by atoms with Gasteiger partial charge < -0.3 is 19.5 Å². The van der Waals surface area contributed by atoms with E-state index in [1.807, 2.05) is 35.7 Å². The van der Waals surface area contributed by atoms with Crippen molar-refractivity contribution in [1.29, 1.82) is 0 Å². The molecule has 0 bridgehead atoms. The van der Waals surface area contributed by atoms with Gasteiger partial charge in [-0.15, -0.1) is 23.5 Å². The number of hydrogen-bond acceptors (Lipinski definition) is 6. The third-order valence-electron chi connectivity index (χ3n) is 3.76. The molecule has 2 aliphatic heterocycles. The number of nitrogens with one attached hydrogen (secondary N) is 1. The van der Waals surface area contributed by atoms with Gasteiger partial charge in [-0.1, -0.05) is 12.1 Å². The van der Waals surface area contributed by atoms with Crippen molar-refractivity contribution in [1.82, 2.24) is 5.32 Å². The van der Waals surface area contributed by atoms with E-state index in [2.05, 4.69) is 17.4 Å². The number of rotatable bonds is 6. The molecule has 1 atom stereocenters. The fourth-order valence-corrected chi connectivity index (χ4v) is 5.38. The van der Waals surface area contributed by atoms with E-state index in [1.54, 1.807) is 0 Å². The fraction of sp³-hybridized carbons (Fsp3) is 0.588. The lowest BCUT2D eigenvalue weighted by molar-refractivity contribution is -0.125. The molecular weight excluding hydrogens is 346 g/mol. The maximum absolute atomic E-state index is 11.8. The number of carbonyl (C=O) groups excluding carboxylic acids is 1. The summed E-state index contributed by atoms with van der Waals surface area (Å²) in [6.45, 7) is 2.21. The van der Waals surface area contributed by atoms with E-state index >= 15 is 0 Å². The zero-order valence-electron chi connectivity index (χ0n) is 13.6. The topological polar surface area (TPSA) is 56.8 Å². The average molecular weight is 370 g/mol. The van der Waals surface area contributed by atoms with Crippen LogP contribution in [0.1, 0.15) is 16.6 Å². The summed E-state index contributed by atoms with van der Waals surface area (Å²) in [5.41, 5.74) is 1.32. The van der Waals surface area contributed by atoms with Gasteiger partial charge in [0.15, 0.2) is 6.61 Å². The molecule has 3 rings (SSSR count). The van der Waals surface area contributed by atoms with Crippen molar-refractivity contribution < 1.29 is 19.0 Å². The highest BCUT2D eigenvalue weighted by Crippen LogP contribution is 2.43. The summed E-state index contributed by atoms with van der Waals surface area (Å²) in [7, 11) is 0. The van der Waals surface area contributed by atoms with Crippen LogP contribution in [0.5, 0.6) is 5.75 Å². The largest absolute Gasteiger partial charge is 0.484 e. The average Bonchev–Trinajstić information content (AvgIpc) is 2.67. The Morgan fingerprint density at radius 2 is 2.00 bits per heavy atom. The summed E-state index contributed by atoms with van der Waals surface area (Å²) in [6.07, 6.45) is 1.23. The lowest BCUT2D eigenvalue weighted by atomic mass is 10.2. The van der Waals surface area contributed by atoms with Crippen LogP contribution in [0.25, 0.3) is 0 Å². The predicted octanol–water partition coefficient (Wildman–Crippen LogP) is 2.47. The molecule has 1 amide bonds. The van der Waals surface area contributed by atoms with Crippen molar-refractivity contribution in [3.63, 3.8) is 0 Å². The first-order valence-electron chi connectivity index (χ1n) is 8.23. The number of thioether (sulfide) groups is 2. The van der Waals surface area contributed by atoms with Gasteiger partial charge in [-0.25, -0.2) is 0 Å². The second-order valence-corrected chi connectivity index (χ2v) is 8.38. The molecule has 0 unspecified atom stereocenters. The molecule has 0 aliphatic carbocycles. The molecule has 24 heavy (non-hydrogen) atoms. The maximum Gasteiger partial charge on any atom is 0.258 e. The van der Waals surface area contributed by atoms with Gasteiger partial charge in [-0.2, -0.15) is 0 Å². The molecule has 1 aromatic rings. The molecule has 2 heterocycles. The number of ether oxygens (including phenoxy) is 3. The van der Waals surface area contributed by atoms with Crippen molar-refractivity contribution in [3.8, 4) is 5.75 Å². The predicted molar refractivity (Wildman–Crippen MR) is 97.8 cm³/mol. The van der Waals surface area contributed by atoms with Crippen molar-refractivity contribution in [3.05, 3.63) is 29.8 Å². The van der Waals surface area contributed by atoms with Crippen LogP contribution in [0.4, 0.5) is 0 Å². The van der Waals surface area contributed by atoms with Crippen molar-refractivity contribution in [2.24, 2.45) is 0 Å². The molecule has 0 saturated carbocycles. The first-order valence-corrected chi connectivity index (χ1v) is 10.3. The van der Waals surface area contributed by atoms with Gasteiger partial charge in [0.1, 0.15) is 5.75 Å². The third-order valence-corrected chi connectivity index (χ3v) is 6.78. The summed E-state index contributed by atoms with van der Waals surface area (Å²) in [6, 6.07) is 8.07. The lowest BCUT2D eigenvalue weighted by Crippen LogP contribution is -2.41. The van der Waals surface area contributed by atoms with E-state index in [0.29, 0.717) is 30.9 Å². The van der Waals surface area contributed by atoms with Crippen molar-refractivity contribution >= 4 is 29.4 Å². The van der Waals surface area contributed by atoms with Crippen LogP contribution in [0.2, 0.25) is 0 Å². The molecule has 2 aliphatic rings. The molecule has 1 aromatic carbocycles. The summed E-state index contributed by atoms with van der Waals surface area (Å²) in [5, 5.41) is 2.81. The minimum atomic E-state index is -0.147. The van der Waals surface area contributed by atoms with Crippen LogP contribution < -0.4 is 10.1 Å². The number of carbonyl (C=O) groups is 1. The monoisotopic (exact) mass is 369 g/mol. The Balaban J connectivity index is 1.38. The first-order chi connectivity index (χ1) is 11.8. The van der Waals surface area contributed by atoms with Crippen LogP contribution in [-0.2, 0) is 14.3 Å². The van der Waals surface area contributed by atoms with Gasteiger partial charge >= 0.3 is 0 Å². The molecule has 0 spiro atoms. The van der Waals surface area contributed by atoms with Gasteiger partial charge in [0.2, 0.25) is 0 Å².